The Kier molecular flexibility index (Phi) is 9.39. The van der Waals surface area contributed by atoms with Gasteiger partial charge >= 0.3 is 5.97 Å². The van der Waals surface area contributed by atoms with Gasteiger partial charge in [0.15, 0.2) is 0 Å². The van der Waals surface area contributed by atoms with Crippen LogP contribution in [0.4, 0.5) is 0 Å². The minimum atomic E-state index is -1.06. The van der Waals surface area contributed by atoms with Crippen LogP contribution < -0.4 is 0 Å². The average molecular weight is 474 g/mol. The van der Waals surface area contributed by atoms with Crippen LogP contribution in [0.25, 0.3) is 0 Å². The number of carbonyl (C=O) groups is 1. The number of nitrogens with one attached hydrogen (secondary N) is 1. The SMILES string of the molecule is CCOC(=O)c1c(CCC(O)C(O)Br)n[nH]c1CCC(O)C(O)Br. The lowest BCUT2D eigenvalue weighted by molar-refractivity contribution is 0.0519. The Morgan fingerprint density at radius 1 is 1.12 bits per heavy atom. The van der Waals surface area contributed by atoms with E-state index in [2.05, 4.69) is 42.1 Å². The smallest absolute Gasteiger partial charge is 0.341 e. The van der Waals surface area contributed by atoms with E-state index in [1.807, 2.05) is 0 Å². The van der Waals surface area contributed by atoms with Gasteiger partial charge in [-0.25, -0.2) is 4.79 Å². The summed E-state index contributed by atoms with van der Waals surface area (Å²) < 4.78 is 5.03. The maximum atomic E-state index is 12.2. The maximum absolute atomic E-state index is 12.2. The summed E-state index contributed by atoms with van der Waals surface area (Å²) in [4.78, 5) is 12.2. The molecule has 0 fully saturated rings. The van der Waals surface area contributed by atoms with Crippen molar-refractivity contribution < 1.29 is 30.0 Å². The van der Waals surface area contributed by atoms with Crippen LogP contribution in [0.5, 0.6) is 0 Å². The first-order valence-corrected chi connectivity index (χ1v) is 9.34. The molecular formula is C14H22Br2N2O6. The number of H-pyrrole nitrogens is 1. The van der Waals surface area contributed by atoms with E-state index in [-0.39, 0.29) is 37.9 Å². The number of aryl methyl sites for hydroxylation is 2. The summed E-state index contributed by atoms with van der Waals surface area (Å²) in [5.74, 6) is -0.543. The summed E-state index contributed by atoms with van der Waals surface area (Å²) >= 11 is 5.75. The number of hydrogen-bond acceptors (Lipinski definition) is 7. The fourth-order valence-electron chi connectivity index (χ4n) is 2.08. The molecule has 0 saturated carbocycles. The summed E-state index contributed by atoms with van der Waals surface area (Å²) in [6.45, 7) is 1.89. The number of ether oxygens (including phenoxy) is 1. The van der Waals surface area contributed by atoms with Gasteiger partial charge in [-0.3, -0.25) is 5.10 Å². The van der Waals surface area contributed by atoms with E-state index in [9.17, 15) is 25.2 Å². The lowest BCUT2D eigenvalue weighted by Gasteiger charge is -2.13. The summed E-state index contributed by atoms with van der Waals surface area (Å²) in [5.41, 5.74) is 1.18. The number of carbonyl (C=O) groups excluding carboxylic acids is 1. The number of rotatable bonds is 10. The third kappa shape index (κ3) is 6.41. The zero-order valence-corrected chi connectivity index (χ0v) is 16.3. The molecule has 8 nitrogen and oxygen atoms in total. The highest BCUT2D eigenvalue weighted by Crippen LogP contribution is 2.20. The number of hydrogen-bond donors (Lipinski definition) is 5. The van der Waals surface area contributed by atoms with Crippen molar-refractivity contribution in [2.45, 2.75) is 54.8 Å². The predicted octanol–water partition coefficient (Wildman–Crippen LogP) is 0.600. The van der Waals surface area contributed by atoms with E-state index in [1.165, 1.54) is 0 Å². The highest BCUT2D eigenvalue weighted by atomic mass is 79.9. The van der Waals surface area contributed by atoms with Crippen LogP contribution in [0.2, 0.25) is 0 Å². The molecular weight excluding hydrogens is 452 g/mol. The first-order chi connectivity index (χ1) is 11.3. The van der Waals surface area contributed by atoms with Gasteiger partial charge in [0.1, 0.15) is 15.6 Å². The van der Waals surface area contributed by atoms with Crippen LogP contribution in [0, 0.1) is 0 Å². The van der Waals surface area contributed by atoms with E-state index >= 15 is 0 Å². The van der Waals surface area contributed by atoms with Crippen LogP contribution in [0.15, 0.2) is 0 Å². The van der Waals surface area contributed by atoms with Gasteiger partial charge in [0.05, 0.1) is 30.2 Å². The van der Waals surface area contributed by atoms with Crippen molar-refractivity contribution in [3.8, 4) is 0 Å². The van der Waals surface area contributed by atoms with E-state index in [0.29, 0.717) is 11.4 Å². The summed E-state index contributed by atoms with van der Waals surface area (Å²) in [5, 5.41) is 42.5. The zero-order valence-electron chi connectivity index (χ0n) is 13.2. The highest BCUT2D eigenvalue weighted by molar-refractivity contribution is 9.09. The first-order valence-electron chi connectivity index (χ1n) is 7.51. The Labute approximate surface area is 156 Å². The van der Waals surface area contributed by atoms with Gasteiger partial charge in [0, 0.05) is 0 Å². The van der Waals surface area contributed by atoms with Crippen LogP contribution in [0.1, 0.15) is 41.5 Å². The number of halogens is 2. The average Bonchev–Trinajstić information content (AvgIpc) is 2.93. The van der Waals surface area contributed by atoms with Crippen LogP contribution in [-0.2, 0) is 17.6 Å². The number of nitrogens with zero attached hydrogens (tertiary/aromatic N) is 1. The fourth-order valence-corrected chi connectivity index (χ4v) is 2.61. The summed E-state index contributed by atoms with van der Waals surface area (Å²) in [7, 11) is 0. The van der Waals surface area contributed by atoms with Crippen molar-refractivity contribution >= 4 is 37.8 Å². The fraction of sp³-hybridized carbons (Fsp3) is 0.714. The Bertz CT molecular complexity index is 488. The number of alkyl halides is 2. The lowest BCUT2D eigenvalue weighted by Crippen LogP contribution is -2.21. The summed E-state index contributed by atoms with van der Waals surface area (Å²) in [6.07, 6.45) is -1.02. The minimum Gasteiger partial charge on any atom is -0.462 e. The number of aliphatic hydroxyl groups is 4. The second kappa shape index (κ2) is 10.5. The molecule has 24 heavy (non-hydrogen) atoms. The van der Waals surface area contributed by atoms with Crippen molar-refractivity contribution in [1.82, 2.24) is 10.2 Å². The molecule has 10 heteroatoms. The van der Waals surface area contributed by atoms with Crippen molar-refractivity contribution in [2.75, 3.05) is 6.61 Å². The van der Waals surface area contributed by atoms with Crippen molar-refractivity contribution in [3.63, 3.8) is 0 Å². The van der Waals surface area contributed by atoms with E-state index in [1.54, 1.807) is 6.92 Å². The molecule has 1 rings (SSSR count). The van der Waals surface area contributed by atoms with E-state index in [0.717, 1.165) is 0 Å². The molecule has 0 radical (unpaired) electrons. The largest absolute Gasteiger partial charge is 0.462 e. The molecule has 4 atom stereocenters. The van der Waals surface area contributed by atoms with Crippen LogP contribution >= 0.6 is 31.9 Å². The van der Waals surface area contributed by atoms with Gasteiger partial charge in [0.2, 0.25) is 0 Å². The van der Waals surface area contributed by atoms with Crippen molar-refractivity contribution in [1.29, 1.82) is 0 Å². The van der Waals surface area contributed by atoms with Gasteiger partial charge in [-0.1, -0.05) is 31.9 Å². The number of aromatic amines is 1. The molecule has 1 heterocycles. The quantitative estimate of drug-likeness (QED) is 0.248. The Balaban J connectivity index is 2.89. The number of esters is 1. The molecule has 5 N–H and O–H groups in total. The van der Waals surface area contributed by atoms with Gasteiger partial charge in [-0.15, -0.1) is 0 Å². The first kappa shape index (κ1) is 21.5. The monoisotopic (exact) mass is 472 g/mol. The molecule has 0 amide bonds. The third-order valence-electron chi connectivity index (χ3n) is 3.40. The molecule has 0 aliphatic rings. The van der Waals surface area contributed by atoms with Gasteiger partial charge in [-0.05, 0) is 32.6 Å². The second-order valence-corrected chi connectivity index (χ2v) is 7.08. The van der Waals surface area contributed by atoms with E-state index < -0.39 is 28.2 Å². The summed E-state index contributed by atoms with van der Waals surface area (Å²) in [6, 6.07) is 0. The van der Waals surface area contributed by atoms with Gasteiger partial charge in [0.25, 0.3) is 0 Å². The molecule has 0 aliphatic carbocycles. The molecule has 4 unspecified atom stereocenters. The molecule has 0 aliphatic heterocycles. The van der Waals surface area contributed by atoms with Gasteiger partial charge in [-0.2, -0.15) is 5.10 Å². The third-order valence-corrected chi connectivity index (χ3v) is 4.62. The molecule has 0 aromatic carbocycles. The normalized spacial score (nSPS) is 16.5. The number of aliphatic hydroxyl groups excluding tert-OH is 4. The second-order valence-electron chi connectivity index (χ2n) is 5.20. The zero-order chi connectivity index (χ0) is 18.3. The molecule has 138 valence electrons. The lowest BCUT2D eigenvalue weighted by atomic mass is 10.0. The van der Waals surface area contributed by atoms with Crippen LogP contribution in [0.3, 0.4) is 0 Å². The topological polar surface area (TPSA) is 136 Å². The Morgan fingerprint density at radius 3 is 2.17 bits per heavy atom. The number of aromatic nitrogens is 2. The molecule has 0 saturated heterocycles. The Hall–Kier alpha value is -0.520. The highest BCUT2D eigenvalue weighted by Gasteiger charge is 2.24. The van der Waals surface area contributed by atoms with Crippen molar-refractivity contribution in [3.05, 3.63) is 17.0 Å². The molecule has 1 aromatic rings. The Morgan fingerprint density at radius 2 is 1.67 bits per heavy atom. The molecule has 0 bridgehead atoms. The maximum Gasteiger partial charge on any atom is 0.341 e. The predicted molar refractivity (Wildman–Crippen MR) is 93.1 cm³/mol. The van der Waals surface area contributed by atoms with Gasteiger partial charge < -0.3 is 25.2 Å². The standard InChI is InChI=1S/C14H22Br2N2O6/c1-2-24-14(23)11-7(3-5-9(19)12(15)21)17-18-8(11)4-6-10(20)13(16)22/h9-10,12-13,19-22H,2-6H2,1H3,(H,17,18). The minimum absolute atomic E-state index is 0.200. The van der Waals surface area contributed by atoms with E-state index in [4.69, 9.17) is 4.74 Å². The molecule has 0 spiro atoms. The molecule has 1 aromatic heterocycles. The van der Waals surface area contributed by atoms with Crippen LogP contribution in [-0.4, -0.2) is 65.4 Å². The van der Waals surface area contributed by atoms with Crippen molar-refractivity contribution in [2.24, 2.45) is 0 Å².